The van der Waals surface area contributed by atoms with Gasteiger partial charge in [-0.05, 0) is 12.1 Å². The van der Waals surface area contributed by atoms with Crippen LogP contribution in [0.1, 0.15) is 0 Å². The molecule has 2 rings (SSSR count). The van der Waals surface area contributed by atoms with Crippen LogP contribution in [0.4, 0.5) is 18.9 Å². The summed E-state index contributed by atoms with van der Waals surface area (Å²) >= 11 is 1.35. The third-order valence-electron chi connectivity index (χ3n) is 2.37. The van der Waals surface area contributed by atoms with E-state index in [-0.39, 0.29) is 17.3 Å². The minimum absolute atomic E-state index is 0.175. The van der Waals surface area contributed by atoms with Gasteiger partial charge in [-0.3, -0.25) is 9.48 Å². The lowest BCUT2D eigenvalue weighted by molar-refractivity contribution is -0.142. The monoisotopic (exact) mass is 315 g/mol. The maximum absolute atomic E-state index is 12.2. The maximum atomic E-state index is 12.2. The number of aromatic nitrogens is 2. The second-order valence-corrected chi connectivity index (χ2v) is 5.24. The molecule has 21 heavy (non-hydrogen) atoms. The van der Waals surface area contributed by atoms with Crippen molar-refractivity contribution in [2.75, 3.05) is 11.1 Å². The van der Waals surface area contributed by atoms with Gasteiger partial charge in [0.15, 0.2) is 0 Å². The van der Waals surface area contributed by atoms with Gasteiger partial charge in [0.25, 0.3) is 0 Å². The zero-order valence-corrected chi connectivity index (χ0v) is 11.6. The predicted molar refractivity (Wildman–Crippen MR) is 74.1 cm³/mol. The van der Waals surface area contributed by atoms with Crippen LogP contribution < -0.4 is 5.32 Å². The number of hydrogen-bond donors (Lipinski definition) is 1. The van der Waals surface area contributed by atoms with Crippen molar-refractivity contribution >= 4 is 23.4 Å². The van der Waals surface area contributed by atoms with E-state index in [4.69, 9.17) is 0 Å². The Morgan fingerprint density at radius 3 is 2.67 bits per heavy atom. The molecular weight excluding hydrogens is 303 g/mol. The van der Waals surface area contributed by atoms with E-state index in [1.807, 2.05) is 30.3 Å². The van der Waals surface area contributed by atoms with Gasteiger partial charge < -0.3 is 5.32 Å². The Kier molecular flexibility index (Phi) is 4.89. The summed E-state index contributed by atoms with van der Waals surface area (Å²) in [4.78, 5) is 12.6. The Bertz CT molecular complexity index is 598. The Morgan fingerprint density at radius 1 is 1.29 bits per heavy atom. The van der Waals surface area contributed by atoms with Crippen LogP contribution in [0.3, 0.4) is 0 Å². The van der Waals surface area contributed by atoms with Gasteiger partial charge in [0.1, 0.15) is 6.54 Å². The molecule has 0 saturated heterocycles. The number of hydrogen-bond acceptors (Lipinski definition) is 3. The molecule has 112 valence electrons. The second kappa shape index (κ2) is 6.66. The molecule has 0 aliphatic rings. The minimum Gasteiger partial charge on any atom is -0.323 e. The summed E-state index contributed by atoms with van der Waals surface area (Å²) in [5.74, 6) is -0.121. The summed E-state index contributed by atoms with van der Waals surface area (Å²) in [6.45, 7) is -1.18. The van der Waals surface area contributed by atoms with E-state index < -0.39 is 12.7 Å². The molecule has 1 aromatic heterocycles. The summed E-state index contributed by atoms with van der Waals surface area (Å²) in [5, 5.41) is 6.06. The van der Waals surface area contributed by atoms with Crippen molar-refractivity contribution in [2.24, 2.45) is 0 Å². The van der Waals surface area contributed by atoms with Gasteiger partial charge in [-0.25, -0.2) is 0 Å². The summed E-state index contributed by atoms with van der Waals surface area (Å²) in [5.41, 5.74) is 0.248. The van der Waals surface area contributed by atoms with Gasteiger partial charge in [-0.15, -0.1) is 11.8 Å². The fraction of sp³-hybridized carbons (Fsp3) is 0.231. The molecule has 0 bridgehead atoms. The van der Waals surface area contributed by atoms with Crippen molar-refractivity contribution in [3.05, 3.63) is 42.7 Å². The quantitative estimate of drug-likeness (QED) is 0.862. The number of benzene rings is 1. The SMILES string of the molecule is O=C(CSc1ccccc1)Nc1cnn(CC(F)(F)F)c1. The van der Waals surface area contributed by atoms with Gasteiger partial charge in [0.05, 0.1) is 17.6 Å². The van der Waals surface area contributed by atoms with Crippen LogP contribution in [0, 0.1) is 0 Å². The van der Waals surface area contributed by atoms with E-state index in [1.165, 1.54) is 18.0 Å². The maximum Gasteiger partial charge on any atom is 0.408 e. The number of anilines is 1. The summed E-state index contributed by atoms with van der Waals surface area (Å²) in [7, 11) is 0. The molecule has 0 aliphatic heterocycles. The summed E-state index contributed by atoms with van der Waals surface area (Å²) < 4.78 is 37.2. The molecule has 0 spiro atoms. The van der Waals surface area contributed by atoms with Gasteiger partial charge >= 0.3 is 6.18 Å². The molecule has 0 aliphatic carbocycles. The molecule has 1 aromatic carbocycles. The van der Waals surface area contributed by atoms with Crippen LogP contribution in [0.25, 0.3) is 0 Å². The molecule has 1 heterocycles. The van der Waals surface area contributed by atoms with Crippen molar-refractivity contribution in [1.82, 2.24) is 9.78 Å². The van der Waals surface area contributed by atoms with Crippen LogP contribution in [-0.4, -0.2) is 27.6 Å². The highest BCUT2D eigenvalue weighted by Gasteiger charge is 2.28. The van der Waals surface area contributed by atoms with Crippen LogP contribution in [0.15, 0.2) is 47.6 Å². The molecule has 4 nitrogen and oxygen atoms in total. The van der Waals surface area contributed by atoms with Crippen LogP contribution in [-0.2, 0) is 11.3 Å². The van der Waals surface area contributed by atoms with Crippen LogP contribution in [0.2, 0.25) is 0 Å². The Balaban J connectivity index is 1.83. The third-order valence-corrected chi connectivity index (χ3v) is 3.38. The zero-order valence-electron chi connectivity index (χ0n) is 10.8. The van der Waals surface area contributed by atoms with E-state index in [0.717, 1.165) is 15.8 Å². The first kappa shape index (κ1) is 15.4. The van der Waals surface area contributed by atoms with Gasteiger partial charge in [-0.1, -0.05) is 18.2 Å². The number of carbonyl (C=O) groups is 1. The largest absolute Gasteiger partial charge is 0.408 e. The van der Waals surface area contributed by atoms with Crippen molar-refractivity contribution in [3.63, 3.8) is 0 Å². The highest BCUT2D eigenvalue weighted by atomic mass is 32.2. The normalized spacial score (nSPS) is 11.4. The first-order chi connectivity index (χ1) is 9.92. The fourth-order valence-electron chi connectivity index (χ4n) is 1.56. The Labute approximate surface area is 123 Å². The molecule has 0 radical (unpaired) electrons. The van der Waals surface area contributed by atoms with Gasteiger partial charge in [-0.2, -0.15) is 18.3 Å². The zero-order chi connectivity index (χ0) is 15.3. The molecule has 2 aromatic rings. The highest BCUT2D eigenvalue weighted by molar-refractivity contribution is 8.00. The molecule has 0 atom stereocenters. The van der Waals surface area contributed by atoms with Crippen molar-refractivity contribution in [3.8, 4) is 0 Å². The van der Waals surface area contributed by atoms with Crippen molar-refractivity contribution in [2.45, 2.75) is 17.6 Å². The summed E-state index contributed by atoms with van der Waals surface area (Å²) in [6.07, 6.45) is -1.99. The molecule has 0 fully saturated rings. The number of amides is 1. The molecule has 0 saturated carbocycles. The van der Waals surface area contributed by atoms with Gasteiger partial charge in [0, 0.05) is 11.1 Å². The Hall–Kier alpha value is -1.96. The molecule has 0 unspecified atom stereocenters. The van der Waals surface area contributed by atoms with E-state index in [2.05, 4.69) is 10.4 Å². The number of thioether (sulfide) groups is 1. The van der Waals surface area contributed by atoms with E-state index >= 15 is 0 Å². The van der Waals surface area contributed by atoms with Crippen molar-refractivity contribution in [1.29, 1.82) is 0 Å². The average molecular weight is 315 g/mol. The van der Waals surface area contributed by atoms with E-state index in [1.54, 1.807) is 0 Å². The standard InChI is InChI=1S/C13H12F3N3OS/c14-13(15,16)9-19-7-10(6-17-19)18-12(20)8-21-11-4-2-1-3-5-11/h1-7H,8-9H2,(H,18,20). The van der Waals surface area contributed by atoms with Crippen LogP contribution in [0.5, 0.6) is 0 Å². The Morgan fingerprint density at radius 2 is 2.00 bits per heavy atom. The lowest BCUT2D eigenvalue weighted by Crippen LogP contribution is -2.18. The van der Waals surface area contributed by atoms with E-state index in [9.17, 15) is 18.0 Å². The smallest absolute Gasteiger partial charge is 0.323 e. The van der Waals surface area contributed by atoms with E-state index in [0.29, 0.717) is 0 Å². The number of carbonyl (C=O) groups excluding carboxylic acids is 1. The minimum atomic E-state index is -4.34. The first-order valence-corrected chi connectivity index (χ1v) is 6.98. The fourth-order valence-corrected chi connectivity index (χ4v) is 2.28. The molecular formula is C13H12F3N3OS. The van der Waals surface area contributed by atoms with Crippen molar-refractivity contribution < 1.29 is 18.0 Å². The second-order valence-electron chi connectivity index (χ2n) is 4.19. The molecule has 1 amide bonds. The number of rotatable bonds is 5. The number of halogens is 3. The first-order valence-electron chi connectivity index (χ1n) is 5.99. The van der Waals surface area contributed by atoms with Crippen LogP contribution >= 0.6 is 11.8 Å². The molecule has 1 N–H and O–H groups in total. The lowest BCUT2D eigenvalue weighted by atomic mass is 10.4. The number of nitrogens with zero attached hydrogens (tertiary/aromatic N) is 2. The lowest BCUT2D eigenvalue weighted by Gasteiger charge is -2.05. The topological polar surface area (TPSA) is 46.9 Å². The number of alkyl halides is 3. The summed E-state index contributed by atoms with van der Waals surface area (Å²) in [6, 6.07) is 9.35. The highest BCUT2D eigenvalue weighted by Crippen LogP contribution is 2.19. The van der Waals surface area contributed by atoms with Gasteiger partial charge in [0.2, 0.25) is 5.91 Å². The number of nitrogens with one attached hydrogen (secondary N) is 1. The predicted octanol–water partition coefficient (Wildman–Crippen LogP) is 3.18. The third kappa shape index (κ3) is 5.50. The molecule has 8 heteroatoms. The average Bonchev–Trinajstić information content (AvgIpc) is 2.82.